The van der Waals surface area contributed by atoms with Gasteiger partial charge in [0.05, 0.1) is 12.6 Å². The molecule has 3 heterocycles. The first-order chi connectivity index (χ1) is 18.9. The van der Waals surface area contributed by atoms with Crippen LogP contribution in [0.3, 0.4) is 0 Å². The molecule has 3 amide bonds. The van der Waals surface area contributed by atoms with Gasteiger partial charge in [-0.2, -0.15) is 0 Å². The maximum Gasteiger partial charge on any atom is 0.251 e. The van der Waals surface area contributed by atoms with E-state index in [0.29, 0.717) is 50.3 Å². The number of Topliss-reactive ketones (excluding diaryl/α,β-unsaturated/α-hetero) is 1. The Morgan fingerprint density at radius 3 is 2.33 bits per heavy atom. The fourth-order valence-corrected chi connectivity index (χ4v) is 7.03. The third kappa shape index (κ3) is 6.47. The molecule has 8 nitrogen and oxygen atoms in total. The Morgan fingerprint density at radius 2 is 1.62 bits per heavy atom. The van der Waals surface area contributed by atoms with E-state index < -0.39 is 6.04 Å². The summed E-state index contributed by atoms with van der Waals surface area (Å²) in [5.74, 6) is 0.489. The van der Waals surface area contributed by atoms with E-state index in [1.165, 1.54) is 32.1 Å². The van der Waals surface area contributed by atoms with Crippen LogP contribution in [0.4, 0.5) is 5.69 Å². The highest BCUT2D eigenvalue weighted by atomic mass is 16.2. The molecule has 0 bridgehead atoms. The molecule has 4 aliphatic rings. The molecule has 1 saturated carbocycles. The molecule has 1 aromatic rings. The number of ketones is 1. The zero-order valence-electron chi connectivity index (χ0n) is 23.4. The van der Waals surface area contributed by atoms with Crippen LogP contribution >= 0.6 is 0 Å². The SMILES string of the molecule is CC(CCNC(=O)c1ccc(N2CCCC2)cc1)CC(=O)N1CCC2C1C(=O)CN2C(=O)CC1CCCCC1. The molecule has 0 spiro atoms. The molecule has 8 heteroatoms. The van der Waals surface area contributed by atoms with Crippen LogP contribution in [-0.4, -0.2) is 78.1 Å². The maximum atomic E-state index is 13.2. The first-order valence-corrected chi connectivity index (χ1v) is 15.2. The Bertz CT molecular complexity index is 1050. The molecule has 4 fully saturated rings. The normalized spacial score (nSPS) is 24.2. The summed E-state index contributed by atoms with van der Waals surface area (Å²) in [5.41, 5.74) is 1.81. The standard InChI is InChI=1S/C31H44N4O4/c1-22(13-15-32-31(39)24-9-11-25(12-10-24)33-16-5-6-17-33)19-28(37)34-18-14-26-30(34)27(36)21-35(26)29(38)20-23-7-3-2-4-8-23/h9-12,22-23,26,30H,2-8,13-21H2,1H3,(H,32,39). The molecular formula is C31H44N4O4. The van der Waals surface area contributed by atoms with Crippen molar-refractivity contribution in [3.63, 3.8) is 0 Å². The van der Waals surface area contributed by atoms with Crippen LogP contribution in [0.15, 0.2) is 24.3 Å². The Hall–Kier alpha value is -2.90. The Labute approximate surface area is 232 Å². The van der Waals surface area contributed by atoms with E-state index in [2.05, 4.69) is 10.2 Å². The lowest BCUT2D eigenvalue weighted by Gasteiger charge is -2.27. The van der Waals surface area contributed by atoms with E-state index in [1.807, 2.05) is 31.2 Å². The van der Waals surface area contributed by atoms with Crippen LogP contribution in [-0.2, 0) is 14.4 Å². The summed E-state index contributed by atoms with van der Waals surface area (Å²) in [4.78, 5) is 57.5. The first-order valence-electron chi connectivity index (χ1n) is 15.2. The number of fused-ring (bicyclic) bond motifs is 1. The third-order valence-corrected chi connectivity index (χ3v) is 9.30. The quantitative estimate of drug-likeness (QED) is 0.519. The van der Waals surface area contributed by atoms with Crippen LogP contribution in [0.5, 0.6) is 0 Å². The van der Waals surface area contributed by atoms with Gasteiger partial charge in [0.2, 0.25) is 11.8 Å². The molecular weight excluding hydrogens is 492 g/mol. The molecule has 3 unspecified atom stereocenters. The smallest absolute Gasteiger partial charge is 0.251 e. The minimum Gasteiger partial charge on any atom is -0.372 e. The van der Waals surface area contributed by atoms with E-state index in [-0.39, 0.29) is 42.0 Å². The number of nitrogens with zero attached hydrogens (tertiary/aromatic N) is 3. The van der Waals surface area contributed by atoms with E-state index in [1.54, 1.807) is 9.80 Å². The summed E-state index contributed by atoms with van der Waals surface area (Å²) >= 11 is 0. The second kappa shape index (κ2) is 12.5. The molecule has 212 valence electrons. The zero-order chi connectivity index (χ0) is 27.4. The number of likely N-dealkylation sites (tertiary alicyclic amines) is 2. The molecule has 5 rings (SSSR count). The molecule has 0 aromatic heterocycles. The predicted octanol–water partition coefficient (Wildman–Crippen LogP) is 3.78. The van der Waals surface area contributed by atoms with Crippen LogP contribution in [0.2, 0.25) is 0 Å². The van der Waals surface area contributed by atoms with Crippen LogP contribution < -0.4 is 10.2 Å². The summed E-state index contributed by atoms with van der Waals surface area (Å²) in [7, 11) is 0. The Balaban J connectivity index is 1.05. The summed E-state index contributed by atoms with van der Waals surface area (Å²) < 4.78 is 0. The minimum atomic E-state index is -0.483. The van der Waals surface area contributed by atoms with Gasteiger partial charge < -0.3 is 20.0 Å². The second-order valence-electron chi connectivity index (χ2n) is 12.2. The lowest BCUT2D eigenvalue weighted by Crippen LogP contribution is -2.44. The highest BCUT2D eigenvalue weighted by Gasteiger charge is 2.51. The topological polar surface area (TPSA) is 90.0 Å². The Kier molecular flexibility index (Phi) is 8.88. The summed E-state index contributed by atoms with van der Waals surface area (Å²) in [5, 5.41) is 2.98. The average molecular weight is 537 g/mol. The number of hydrogen-bond donors (Lipinski definition) is 1. The van der Waals surface area contributed by atoms with Crippen LogP contribution in [0.1, 0.15) is 87.9 Å². The van der Waals surface area contributed by atoms with Crippen molar-refractivity contribution >= 4 is 29.2 Å². The van der Waals surface area contributed by atoms with Gasteiger partial charge >= 0.3 is 0 Å². The minimum absolute atomic E-state index is 0.00138. The van der Waals surface area contributed by atoms with Crippen molar-refractivity contribution < 1.29 is 19.2 Å². The summed E-state index contributed by atoms with van der Waals surface area (Å²) in [6.45, 7) is 5.33. The highest BCUT2D eigenvalue weighted by molar-refractivity contribution is 5.97. The number of carbonyl (C=O) groups is 4. The number of carbonyl (C=O) groups excluding carboxylic acids is 4. The monoisotopic (exact) mass is 536 g/mol. The Morgan fingerprint density at radius 1 is 0.897 bits per heavy atom. The fourth-order valence-electron chi connectivity index (χ4n) is 7.03. The van der Waals surface area contributed by atoms with Crippen molar-refractivity contribution in [2.24, 2.45) is 11.8 Å². The molecule has 1 aliphatic carbocycles. The molecule has 3 atom stereocenters. The van der Waals surface area contributed by atoms with Gasteiger partial charge in [-0.1, -0.05) is 26.2 Å². The fraction of sp³-hybridized carbons (Fsp3) is 0.677. The van der Waals surface area contributed by atoms with Crippen LogP contribution in [0.25, 0.3) is 0 Å². The highest BCUT2D eigenvalue weighted by Crippen LogP contribution is 2.33. The van der Waals surface area contributed by atoms with E-state index >= 15 is 0 Å². The van der Waals surface area contributed by atoms with Gasteiger partial charge in [0.15, 0.2) is 5.78 Å². The molecule has 39 heavy (non-hydrogen) atoms. The molecule has 1 N–H and O–H groups in total. The summed E-state index contributed by atoms with van der Waals surface area (Å²) in [6.07, 6.45) is 10.5. The summed E-state index contributed by atoms with van der Waals surface area (Å²) in [6, 6.07) is 7.13. The van der Waals surface area contributed by atoms with Crippen molar-refractivity contribution in [3.8, 4) is 0 Å². The van der Waals surface area contributed by atoms with Gasteiger partial charge in [0.25, 0.3) is 5.91 Å². The molecule has 3 aliphatic heterocycles. The van der Waals surface area contributed by atoms with Crippen molar-refractivity contribution in [1.82, 2.24) is 15.1 Å². The number of hydrogen-bond acceptors (Lipinski definition) is 5. The second-order valence-corrected chi connectivity index (χ2v) is 12.2. The van der Waals surface area contributed by atoms with Gasteiger partial charge in [-0.05, 0) is 74.6 Å². The van der Waals surface area contributed by atoms with E-state index in [0.717, 1.165) is 31.6 Å². The van der Waals surface area contributed by atoms with Gasteiger partial charge in [-0.15, -0.1) is 0 Å². The number of anilines is 1. The molecule has 0 radical (unpaired) electrons. The van der Waals surface area contributed by atoms with E-state index in [4.69, 9.17) is 0 Å². The van der Waals surface area contributed by atoms with Crippen molar-refractivity contribution in [2.75, 3.05) is 37.6 Å². The first kappa shape index (κ1) is 27.7. The van der Waals surface area contributed by atoms with Crippen molar-refractivity contribution in [1.29, 1.82) is 0 Å². The lowest BCUT2D eigenvalue weighted by atomic mass is 9.86. The average Bonchev–Trinajstić information content (AvgIpc) is 3.68. The van der Waals surface area contributed by atoms with E-state index in [9.17, 15) is 19.2 Å². The maximum absolute atomic E-state index is 13.2. The van der Waals surface area contributed by atoms with Gasteiger partial charge in [0.1, 0.15) is 6.04 Å². The van der Waals surface area contributed by atoms with Crippen molar-refractivity contribution in [3.05, 3.63) is 29.8 Å². The third-order valence-electron chi connectivity index (χ3n) is 9.30. The largest absolute Gasteiger partial charge is 0.372 e. The number of amides is 3. The lowest BCUT2D eigenvalue weighted by molar-refractivity contribution is -0.137. The number of nitrogens with one attached hydrogen (secondary N) is 1. The zero-order valence-corrected chi connectivity index (χ0v) is 23.4. The van der Waals surface area contributed by atoms with Crippen LogP contribution in [0, 0.1) is 11.8 Å². The number of benzene rings is 1. The molecule has 3 saturated heterocycles. The predicted molar refractivity (Wildman–Crippen MR) is 150 cm³/mol. The van der Waals surface area contributed by atoms with Gasteiger partial charge in [0, 0.05) is 50.3 Å². The van der Waals surface area contributed by atoms with Gasteiger partial charge in [-0.25, -0.2) is 0 Å². The van der Waals surface area contributed by atoms with Gasteiger partial charge in [-0.3, -0.25) is 19.2 Å². The van der Waals surface area contributed by atoms with Crippen molar-refractivity contribution in [2.45, 2.75) is 89.6 Å². The molecule has 1 aromatic carbocycles. The number of rotatable bonds is 9.